The second-order valence-electron chi connectivity index (χ2n) is 9.32. The number of benzene rings is 3. The van der Waals surface area contributed by atoms with Crippen molar-refractivity contribution in [2.24, 2.45) is 0 Å². The lowest BCUT2D eigenvalue weighted by Gasteiger charge is -2.34. The zero-order chi connectivity index (χ0) is 27.6. The van der Waals surface area contributed by atoms with E-state index in [4.69, 9.17) is 4.74 Å². The Morgan fingerprint density at radius 1 is 0.974 bits per heavy atom. The van der Waals surface area contributed by atoms with Crippen LogP contribution in [0.1, 0.15) is 15.9 Å². The lowest BCUT2D eigenvalue weighted by atomic mass is 10.1. The normalized spacial score (nSPS) is 14.3. The van der Waals surface area contributed by atoms with Gasteiger partial charge < -0.3 is 19.9 Å². The van der Waals surface area contributed by atoms with Gasteiger partial charge in [-0.15, -0.1) is 11.3 Å². The van der Waals surface area contributed by atoms with Crippen molar-refractivity contribution in [2.75, 3.05) is 50.6 Å². The maximum Gasteiger partial charge on any atom is 0.416 e. The molecule has 0 spiro atoms. The van der Waals surface area contributed by atoms with E-state index in [1.807, 2.05) is 18.2 Å². The average molecular weight is 553 g/mol. The SMILES string of the molecule is COc1ccc(NC(=O)c2ccc(-c3nc(-c4cccc(C(F)(F)F)c4)cs3)cc2)cc1N1CCN(C)CC1. The van der Waals surface area contributed by atoms with Crippen molar-refractivity contribution in [1.82, 2.24) is 9.88 Å². The van der Waals surface area contributed by atoms with E-state index in [9.17, 15) is 18.0 Å². The molecular weight excluding hydrogens is 525 g/mol. The largest absolute Gasteiger partial charge is 0.495 e. The first-order chi connectivity index (χ1) is 18.7. The topological polar surface area (TPSA) is 57.7 Å². The maximum absolute atomic E-state index is 13.1. The van der Waals surface area contributed by atoms with Crippen molar-refractivity contribution < 1.29 is 22.7 Å². The smallest absolute Gasteiger partial charge is 0.416 e. The van der Waals surface area contributed by atoms with Gasteiger partial charge in [0.2, 0.25) is 0 Å². The fraction of sp³-hybridized carbons (Fsp3) is 0.241. The summed E-state index contributed by atoms with van der Waals surface area (Å²) in [5.74, 6) is 0.509. The van der Waals surface area contributed by atoms with E-state index in [0.717, 1.165) is 55.3 Å². The van der Waals surface area contributed by atoms with Crippen LogP contribution in [0.5, 0.6) is 5.75 Å². The highest BCUT2D eigenvalue weighted by atomic mass is 32.1. The Labute approximate surface area is 228 Å². The highest BCUT2D eigenvalue weighted by molar-refractivity contribution is 7.13. The Morgan fingerprint density at radius 3 is 2.41 bits per heavy atom. The van der Waals surface area contributed by atoms with Gasteiger partial charge in [0, 0.05) is 53.9 Å². The number of nitrogens with one attached hydrogen (secondary N) is 1. The second-order valence-corrected chi connectivity index (χ2v) is 10.2. The minimum absolute atomic E-state index is 0.250. The standard InChI is InChI=1S/C29H27F3N4O2S/c1-35-12-14-36(15-13-35)25-17-23(10-11-26(25)38-2)33-27(37)19-6-8-20(9-7-19)28-34-24(18-39-28)21-4-3-5-22(16-21)29(30,31)32/h3-11,16-18H,12-15H2,1-2H3,(H,33,37). The van der Waals surface area contributed by atoms with Crippen molar-refractivity contribution >= 4 is 28.6 Å². The van der Waals surface area contributed by atoms with Crippen LogP contribution in [0.15, 0.2) is 72.1 Å². The second kappa shape index (κ2) is 11.1. The highest BCUT2D eigenvalue weighted by Crippen LogP contribution is 2.35. The number of hydrogen-bond acceptors (Lipinski definition) is 6. The number of amides is 1. The van der Waals surface area contributed by atoms with Crippen molar-refractivity contribution in [1.29, 1.82) is 0 Å². The van der Waals surface area contributed by atoms with Gasteiger partial charge in [-0.3, -0.25) is 4.79 Å². The molecule has 1 N–H and O–H groups in total. The molecule has 5 rings (SSSR count). The average Bonchev–Trinajstić information content (AvgIpc) is 3.44. The minimum atomic E-state index is -4.41. The molecule has 1 aliphatic heterocycles. The van der Waals surface area contributed by atoms with Crippen LogP contribution in [0.25, 0.3) is 21.8 Å². The molecule has 6 nitrogen and oxygen atoms in total. The van der Waals surface area contributed by atoms with Crippen molar-refractivity contribution in [2.45, 2.75) is 6.18 Å². The summed E-state index contributed by atoms with van der Waals surface area (Å²) in [6.07, 6.45) is -4.41. The van der Waals surface area contributed by atoms with Crippen LogP contribution >= 0.6 is 11.3 Å². The van der Waals surface area contributed by atoms with Gasteiger partial charge in [0.25, 0.3) is 5.91 Å². The molecule has 1 amide bonds. The molecule has 0 aliphatic carbocycles. The number of rotatable bonds is 6. The Hall–Kier alpha value is -3.89. The van der Waals surface area contributed by atoms with Crippen LogP contribution in [-0.2, 0) is 6.18 Å². The van der Waals surface area contributed by atoms with E-state index >= 15 is 0 Å². The van der Waals surface area contributed by atoms with Gasteiger partial charge >= 0.3 is 6.18 Å². The van der Waals surface area contributed by atoms with Gasteiger partial charge in [0.05, 0.1) is 24.1 Å². The van der Waals surface area contributed by atoms with Gasteiger partial charge in [-0.2, -0.15) is 13.2 Å². The summed E-state index contributed by atoms with van der Waals surface area (Å²) < 4.78 is 44.8. The number of halogens is 3. The molecule has 0 unspecified atom stereocenters. The molecule has 0 bridgehead atoms. The molecule has 202 valence electrons. The molecule has 39 heavy (non-hydrogen) atoms. The molecule has 10 heteroatoms. The number of nitrogens with zero attached hydrogens (tertiary/aromatic N) is 3. The third-order valence-electron chi connectivity index (χ3n) is 6.66. The molecule has 1 aliphatic rings. The Balaban J connectivity index is 1.29. The zero-order valence-corrected chi connectivity index (χ0v) is 22.3. The first kappa shape index (κ1) is 26.7. The van der Waals surface area contributed by atoms with Crippen molar-refractivity contribution in [3.63, 3.8) is 0 Å². The fourth-order valence-electron chi connectivity index (χ4n) is 4.42. The summed E-state index contributed by atoms with van der Waals surface area (Å²) in [7, 11) is 3.74. The molecule has 1 aromatic heterocycles. The lowest BCUT2D eigenvalue weighted by molar-refractivity contribution is -0.137. The van der Waals surface area contributed by atoms with E-state index in [2.05, 4.69) is 27.1 Å². The van der Waals surface area contributed by atoms with Crippen molar-refractivity contribution in [3.8, 4) is 27.6 Å². The highest BCUT2D eigenvalue weighted by Gasteiger charge is 2.30. The van der Waals surface area contributed by atoms with E-state index in [1.165, 1.54) is 17.4 Å². The number of carbonyl (C=O) groups excluding carboxylic acids is 1. The third-order valence-corrected chi connectivity index (χ3v) is 7.56. The molecule has 0 radical (unpaired) electrons. The van der Waals surface area contributed by atoms with Crippen molar-refractivity contribution in [3.05, 3.63) is 83.2 Å². The number of piperazine rings is 1. The maximum atomic E-state index is 13.1. The number of alkyl halides is 3. The zero-order valence-electron chi connectivity index (χ0n) is 21.5. The summed E-state index contributed by atoms with van der Waals surface area (Å²) in [6, 6.07) is 17.7. The predicted octanol–water partition coefficient (Wildman–Crippen LogP) is 6.51. The van der Waals surface area contributed by atoms with Gasteiger partial charge in [0.1, 0.15) is 10.8 Å². The summed E-state index contributed by atoms with van der Waals surface area (Å²) in [6.45, 7) is 3.65. The number of anilines is 2. The van der Waals surface area contributed by atoms with E-state index in [-0.39, 0.29) is 5.91 Å². The van der Waals surface area contributed by atoms with Crippen LogP contribution in [-0.4, -0.2) is 56.1 Å². The molecular formula is C29H27F3N4O2S. The lowest BCUT2D eigenvalue weighted by Crippen LogP contribution is -2.44. The van der Waals surface area contributed by atoms with E-state index < -0.39 is 11.7 Å². The minimum Gasteiger partial charge on any atom is -0.495 e. The number of methoxy groups -OCH3 is 1. The summed E-state index contributed by atoms with van der Waals surface area (Å²) in [5, 5.41) is 5.35. The predicted molar refractivity (Wildman–Crippen MR) is 149 cm³/mol. The molecule has 3 aromatic carbocycles. The first-order valence-corrected chi connectivity index (χ1v) is 13.3. The number of hydrogen-bond donors (Lipinski definition) is 1. The van der Waals surface area contributed by atoms with E-state index in [0.29, 0.717) is 27.5 Å². The Kier molecular flexibility index (Phi) is 7.58. The molecule has 1 fully saturated rings. The number of likely N-dealkylation sites (N-methyl/N-ethyl adjacent to an activating group) is 1. The molecule has 0 saturated carbocycles. The molecule has 1 saturated heterocycles. The number of carbonyl (C=O) groups is 1. The Morgan fingerprint density at radius 2 is 1.72 bits per heavy atom. The Bertz CT molecular complexity index is 1460. The van der Waals surface area contributed by atoms with Crippen LogP contribution < -0.4 is 15.0 Å². The van der Waals surface area contributed by atoms with Gasteiger partial charge in [-0.25, -0.2) is 4.98 Å². The summed E-state index contributed by atoms with van der Waals surface area (Å²) in [5.41, 5.74) is 3.03. The fourth-order valence-corrected chi connectivity index (χ4v) is 5.26. The van der Waals surface area contributed by atoms with Crippen LogP contribution in [0.3, 0.4) is 0 Å². The number of thiazole rings is 1. The van der Waals surface area contributed by atoms with Gasteiger partial charge in [-0.05, 0) is 49.5 Å². The van der Waals surface area contributed by atoms with Gasteiger partial charge in [-0.1, -0.05) is 24.3 Å². The number of aromatic nitrogens is 1. The molecule has 0 atom stereocenters. The summed E-state index contributed by atoms with van der Waals surface area (Å²) in [4.78, 5) is 22.0. The van der Waals surface area contributed by atoms with Crippen LogP contribution in [0, 0.1) is 0 Å². The van der Waals surface area contributed by atoms with Crippen LogP contribution in [0.4, 0.5) is 24.5 Å². The number of ether oxygens (including phenoxy) is 1. The summed E-state index contributed by atoms with van der Waals surface area (Å²) >= 11 is 1.33. The monoisotopic (exact) mass is 552 g/mol. The van der Waals surface area contributed by atoms with E-state index in [1.54, 1.807) is 42.8 Å². The third kappa shape index (κ3) is 6.07. The molecule has 2 heterocycles. The quantitative estimate of drug-likeness (QED) is 0.296. The molecule has 4 aromatic rings. The van der Waals surface area contributed by atoms with Gasteiger partial charge in [0.15, 0.2) is 0 Å². The van der Waals surface area contributed by atoms with Crippen LogP contribution in [0.2, 0.25) is 0 Å². The first-order valence-electron chi connectivity index (χ1n) is 12.4.